The van der Waals surface area contributed by atoms with Crippen LogP contribution in [0.15, 0.2) is 0 Å². The molecule has 0 radical (unpaired) electrons. The molecule has 0 atom stereocenters. The molecule has 3 nitrogen and oxygen atoms in total. The second-order valence-corrected chi connectivity index (χ2v) is 4.61. The van der Waals surface area contributed by atoms with Crippen molar-refractivity contribution < 1.29 is 14.7 Å². The Labute approximate surface area is 77.9 Å². The second-order valence-electron chi connectivity index (χ2n) is 1.41. The zero-order valence-electron chi connectivity index (χ0n) is 5.48. The SMILES string of the molecule is O=CCSC(=S)SCC(=O)O. The Balaban J connectivity index is 3.37. The molecule has 0 aliphatic rings. The minimum atomic E-state index is -0.899. The largest absolute Gasteiger partial charge is 0.481 e. The first kappa shape index (κ1) is 10.9. The highest BCUT2D eigenvalue weighted by Crippen LogP contribution is 2.15. The third-order valence-corrected chi connectivity index (χ3v) is 3.16. The van der Waals surface area contributed by atoms with Gasteiger partial charge in [0.1, 0.15) is 9.81 Å². The molecule has 0 amide bonds. The molecule has 0 spiro atoms. The molecule has 0 saturated carbocycles. The van der Waals surface area contributed by atoms with Crippen LogP contribution in [0.2, 0.25) is 0 Å². The number of hydrogen-bond acceptors (Lipinski definition) is 5. The second kappa shape index (κ2) is 6.63. The molecule has 0 aliphatic carbocycles. The highest BCUT2D eigenvalue weighted by Gasteiger charge is 2.01. The molecule has 0 aromatic heterocycles. The molecule has 0 rings (SSSR count). The van der Waals surface area contributed by atoms with Gasteiger partial charge in [-0.3, -0.25) is 4.79 Å². The van der Waals surface area contributed by atoms with Crippen LogP contribution < -0.4 is 0 Å². The van der Waals surface area contributed by atoms with E-state index in [1.54, 1.807) is 0 Å². The maximum absolute atomic E-state index is 10.0. The van der Waals surface area contributed by atoms with E-state index in [0.29, 0.717) is 9.28 Å². The lowest BCUT2D eigenvalue weighted by atomic mass is 10.8. The van der Waals surface area contributed by atoms with Crippen molar-refractivity contribution in [2.24, 2.45) is 0 Å². The van der Waals surface area contributed by atoms with Gasteiger partial charge in [-0.15, -0.1) is 11.8 Å². The molecule has 0 fully saturated rings. The predicted molar refractivity (Wildman–Crippen MR) is 51.2 cm³/mol. The fourth-order valence-electron chi connectivity index (χ4n) is 0.264. The smallest absolute Gasteiger partial charge is 0.313 e. The number of hydrogen-bond donors (Lipinski definition) is 1. The number of carboxylic acid groups (broad SMARTS) is 1. The first-order chi connectivity index (χ1) is 5.16. The van der Waals surface area contributed by atoms with Crippen molar-refractivity contribution in [3.8, 4) is 0 Å². The van der Waals surface area contributed by atoms with Crippen LogP contribution in [0.5, 0.6) is 0 Å². The van der Waals surface area contributed by atoms with Gasteiger partial charge in [-0.2, -0.15) is 0 Å². The van der Waals surface area contributed by atoms with Crippen LogP contribution in [0.3, 0.4) is 0 Å². The van der Waals surface area contributed by atoms with E-state index in [0.717, 1.165) is 18.0 Å². The van der Waals surface area contributed by atoms with Crippen LogP contribution >= 0.6 is 35.7 Å². The minimum absolute atomic E-state index is 0.0370. The fourth-order valence-corrected chi connectivity index (χ4v) is 1.80. The molecular weight excluding hydrogens is 204 g/mol. The molecule has 0 bridgehead atoms. The highest BCUT2D eigenvalue weighted by molar-refractivity contribution is 8.47. The summed E-state index contributed by atoms with van der Waals surface area (Å²) in [7, 11) is 0. The number of aldehydes is 1. The number of thioether (sulfide) groups is 2. The minimum Gasteiger partial charge on any atom is -0.481 e. The quantitative estimate of drug-likeness (QED) is 0.552. The van der Waals surface area contributed by atoms with E-state index in [2.05, 4.69) is 0 Å². The summed E-state index contributed by atoms with van der Waals surface area (Å²) in [5.41, 5.74) is 0. The van der Waals surface area contributed by atoms with Crippen molar-refractivity contribution in [3.05, 3.63) is 0 Å². The summed E-state index contributed by atoms with van der Waals surface area (Å²) < 4.78 is 0.500. The summed E-state index contributed by atoms with van der Waals surface area (Å²) in [6.07, 6.45) is 0.734. The third-order valence-electron chi connectivity index (χ3n) is 0.583. The van der Waals surface area contributed by atoms with Gasteiger partial charge in [-0.25, -0.2) is 0 Å². The zero-order valence-corrected chi connectivity index (χ0v) is 7.93. The van der Waals surface area contributed by atoms with Gasteiger partial charge in [0.15, 0.2) is 0 Å². The van der Waals surface area contributed by atoms with E-state index in [1.807, 2.05) is 0 Å². The molecular formula is C5H6O3S3. The van der Waals surface area contributed by atoms with Crippen LogP contribution in [0.4, 0.5) is 0 Å². The van der Waals surface area contributed by atoms with Gasteiger partial charge in [0.25, 0.3) is 0 Å². The number of aliphatic carboxylic acids is 1. The van der Waals surface area contributed by atoms with Crippen LogP contribution in [0, 0.1) is 0 Å². The molecule has 0 heterocycles. The van der Waals surface area contributed by atoms with E-state index in [1.165, 1.54) is 11.8 Å². The van der Waals surface area contributed by atoms with Crippen molar-refractivity contribution in [1.29, 1.82) is 0 Å². The Morgan fingerprint density at radius 2 is 2.18 bits per heavy atom. The van der Waals surface area contributed by atoms with Gasteiger partial charge in [0, 0.05) is 0 Å². The van der Waals surface area contributed by atoms with E-state index < -0.39 is 5.97 Å². The first-order valence-corrected chi connectivity index (χ1v) is 4.99. The Kier molecular flexibility index (Phi) is 6.59. The summed E-state index contributed by atoms with van der Waals surface area (Å²) in [4.78, 5) is 19.9. The maximum atomic E-state index is 10.0. The third kappa shape index (κ3) is 7.83. The van der Waals surface area contributed by atoms with Gasteiger partial charge in [0.2, 0.25) is 0 Å². The number of carbonyl (C=O) groups excluding carboxylic acids is 1. The standard InChI is InChI=1S/C5H6O3S3/c6-1-2-10-5(9)11-3-4(7)8/h1H,2-3H2,(H,7,8). The number of rotatable bonds is 4. The zero-order chi connectivity index (χ0) is 8.69. The van der Waals surface area contributed by atoms with Crippen LogP contribution in [-0.4, -0.2) is 32.4 Å². The lowest BCUT2D eigenvalue weighted by Gasteiger charge is -1.95. The van der Waals surface area contributed by atoms with Gasteiger partial charge in [0.05, 0.1) is 11.5 Å². The normalized spacial score (nSPS) is 9.09. The lowest BCUT2D eigenvalue weighted by molar-refractivity contribution is -0.133. The molecule has 6 heteroatoms. The van der Waals surface area contributed by atoms with E-state index in [-0.39, 0.29) is 5.75 Å². The molecule has 1 N–H and O–H groups in total. The molecule has 11 heavy (non-hydrogen) atoms. The Bertz CT molecular complexity index is 168. The summed E-state index contributed by atoms with van der Waals surface area (Å²) in [5.74, 6) is -0.639. The summed E-state index contributed by atoms with van der Waals surface area (Å²) in [5, 5.41) is 8.23. The maximum Gasteiger partial charge on any atom is 0.313 e. The average Bonchev–Trinajstić information content (AvgIpc) is 1.97. The van der Waals surface area contributed by atoms with Gasteiger partial charge >= 0.3 is 5.97 Å². The first-order valence-electron chi connectivity index (χ1n) is 2.61. The van der Waals surface area contributed by atoms with Crippen molar-refractivity contribution in [1.82, 2.24) is 0 Å². The predicted octanol–water partition coefficient (Wildman–Crippen LogP) is 1.02. The van der Waals surface area contributed by atoms with Gasteiger partial charge in [-0.1, -0.05) is 24.0 Å². The topological polar surface area (TPSA) is 54.4 Å². The Morgan fingerprint density at radius 1 is 1.55 bits per heavy atom. The Morgan fingerprint density at radius 3 is 2.64 bits per heavy atom. The van der Waals surface area contributed by atoms with Gasteiger partial charge in [-0.05, 0) is 0 Å². The molecule has 0 aromatic rings. The number of carbonyl (C=O) groups is 2. The molecule has 0 saturated heterocycles. The van der Waals surface area contributed by atoms with Crippen LogP contribution in [0.1, 0.15) is 0 Å². The monoisotopic (exact) mass is 210 g/mol. The van der Waals surface area contributed by atoms with E-state index in [4.69, 9.17) is 17.3 Å². The van der Waals surface area contributed by atoms with Crippen molar-refractivity contribution >= 4 is 51.5 Å². The van der Waals surface area contributed by atoms with E-state index in [9.17, 15) is 9.59 Å². The highest BCUT2D eigenvalue weighted by atomic mass is 32.2. The van der Waals surface area contributed by atoms with Crippen LogP contribution in [-0.2, 0) is 9.59 Å². The molecule has 62 valence electrons. The summed E-state index contributed by atoms with van der Waals surface area (Å²) in [6, 6.07) is 0. The number of carboxylic acids is 1. The van der Waals surface area contributed by atoms with Crippen molar-refractivity contribution in [3.63, 3.8) is 0 Å². The summed E-state index contributed by atoms with van der Waals surface area (Å²) >= 11 is 6.98. The molecule has 0 aliphatic heterocycles. The van der Waals surface area contributed by atoms with Crippen molar-refractivity contribution in [2.45, 2.75) is 0 Å². The van der Waals surface area contributed by atoms with E-state index >= 15 is 0 Å². The Hall–Kier alpha value is -0.0700. The van der Waals surface area contributed by atoms with Crippen LogP contribution in [0.25, 0.3) is 0 Å². The lowest BCUT2D eigenvalue weighted by Crippen LogP contribution is -1.99. The average molecular weight is 210 g/mol. The molecule has 0 unspecified atom stereocenters. The van der Waals surface area contributed by atoms with Gasteiger partial charge < -0.3 is 9.90 Å². The van der Waals surface area contributed by atoms with Crippen molar-refractivity contribution in [2.75, 3.05) is 11.5 Å². The fraction of sp³-hybridized carbons (Fsp3) is 0.400. The molecule has 0 aromatic carbocycles. The summed E-state index contributed by atoms with van der Waals surface area (Å²) in [6.45, 7) is 0. The number of thiocarbonyl (C=S) groups is 1.